The highest BCUT2D eigenvalue weighted by Gasteiger charge is 2.17. The molecular weight excluding hydrogens is 517 g/mol. The van der Waals surface area contributed by atoms with Crippen LogP contribution in [0.25, 0.3) is 22.0 Å². The lowest BCUT2D eigenvalue weighted by Gasteiger charge is -2.16. The number of hydrogen-bond donors (Lipinski definition) is 3. The van der Waals surface area contributed by atoms with Crippen LogP contribution < -0.4 is 10.4 Å². The first-order valence-electron chi connectivity index (χ1n) is 12.4. The number of nitrogens with one attached hydrogen (secondary N) is 2. The van der Waals surface area contributed by atoms with Crippen LogP contribution in [0.4, 0.5) is 4.39 Å². The van der Waals surface area contributed by atoms with Gasteiger partial charge in [0.05, 0.1) is 22.3 Å². The molecule has 0 fully saturated rings. The lowest BCUT2D eigenvalue weighted by Crippen LogP contribution is -2.25. The fraction of sp³-hybridized carbons (Fsp3) is 0.172. The van der Waals surface area contributed by atoms with E-state index in [-0.39, 0.29) is 18.0 Å². The van der Waals surface area contributed by atoms with Crippen molar-refractivity contribution in [3.8, 4) is 17.0 Å². The van der Waals surface area contributed by atoms with Crippen LogP contribution in [0.15, 0.2) is 83.6 Å². The number of phenolic OH excluding ortho intramolecular Hbond substituents is 1. The van der Waals surface area contributed by atoms with E-state index in [0.717, 1.165) is 28.1 Å². The normalized spacial score (nSPS) is 12.5. The molecule has 1 unspecified atom stereocenters. The molecule has 1 atom stereocenters. The minimum absolute atomic E-state index is 0.266. The Labute approximate surface area is 227 Å². The van der Waals surface area contributed by atoms with Gasteiger partial charge in [-0.1, -0.05) is 42.5 Å². The van der Waals surface area contributed by atoms with Crippen molar-refractivity contribution in [1.82, 2.24) is 20.3 Å². The molecule has 198 valence electrons. The summed E-state index contributed by atoms with van der Waals surface area (Å²) in [6, 6.07) is 17.4. The summed E-state index contributed by atoms with van der Waals surface area (Å²) in [6.07, 6.45) is 4.89. The van der Waals surface area contributed by atoms with E-state index in [1.165, 1.54) is 29.7 Å². The average Bonchev–Trinajstić information content (AvgIpc) is 3.65. The third kappa shape index (κ3) is 6.12. The Hall–Kier alpha value is -4.57. The number of amides is 1. The molecule has 0 aliphatic rings. The highest BCUT2D eigenvalue weighted by Crippen LogP contribution is 2.28. The van der Waals surface area contributed by atoms with Gasteiger partial charge in [0.1, 0.15) is 29.0 Å². The lowest BCUT2D eigenvalue weighted by atomic mass is 10.1. The maximum atomic E-state index is 13.9. The molecule has 2 heterocycles. The smallest absolute Gasteiger partial charge is 0.258 e. The van der Waals surface area contributed by atoms with E-state index < -0.39 is 23.5 Å². The van der Waals surface area contributed by atoms with Crippen molar-refractivity contribution >= 4 is 33.9 Å². The number of hydrogen-bond acceptors (Lipinski definition) is 7. The number of halogens is 1. The first kappa shape index (κ1) is 26.1. The molecule has 5 aromatic rings. The number of imidazole rings is 1. The molecule has 0 aliphatic carbocycles. The van der Waals surface area contributed by atoms with Crippen LogP contribution in [0.2, 0.25) is 0 Å². The number of fused-ring (bicyclic) bond motifs is 1. The van der Waals surface area contributed by atoms with E-state index in [9.17, 15) is 19.4 Å². The number of aromatic amines is 1. The van der Waals surface area contributed by atoms with Crippen molar-refractivity contribution in [3.63, 3.8) is 0 Å². The Bertz CT molecular complexity index is 1600. The number of unbranched alkanes of at least 4 members (excludes halogenated alkanes) is 1. The first-order valence-corrected chi connectivity index (χ1v) is 13.3. The predicted octanol–water partition coefficient (Wildman–Crippen LogP) is 4.98. The molecule has 3 N–H and O–H groups in total. The number of aromatic nitrogens is 3. The van der Waals surface area contributed by atoms with Crippen LogP contribution in [0.1, 0.15) is 46.4 Å². The van der Waals surface area contributed by atoms with Gasteiger partial charge < -0.3 is 20.5 Å². The fourth-order valence-electron chi connectivity index (χ4n) is 4.29. The van der Waals surface area contributed by atoms with Gasteiger partial charge in [-0.05, 0) is 48.2 Å². The van der Waals surface area contributed by atoms with Gasteiger partial charge in [-0.3, -0.25) is 14.8 Å². The van der Waals surface area contributed by atoms with Crippen LogP contribution in [0.5, 0.6) is 5.75 Å². The summed E-state index contributed by atoms with van der Waals surface area (Å²) in [7, 11) is 0. The SMILES string of the molecule is O=C(NCCCCC(N=C([O-])c1cncs1)c1ncc(-c2ccc3ccccc3c2)[nH]1)c1c(O)cccc1F. The molecule has 0 spiro atoms. The number of carbonyl (C=O) groups excluding carboxylic acids is 1. The summed E-state index contributed by atoms with van der Waals surface area (Å²) in [5.74, 6) is -1.68. The van der Waals surface area contributed by atoms with Crippen LogP contribution in [0.3, 0.4) is 0 Å². The van der Waals surface area contributed by atoms with Crippen molar-refractivity contribution in [1.29, 1.82) is 0 Å². The van der Waals surface area contributed by atoms with Gasteiger partial charge in [0.25, 0.3) is 5.91 Å². The molecule has 3 aromatic carbocycles. The van der Waals surface area contributed by atoms with E-state index in [1.807, 2.05) is 24.3 Å². The Morgan fingerprint density at radius 1 is 1.10 bits per heavy atom. The topological polar surface area (TPSA) is 126 Å². The lowest BCUT2D eigenvalue weighted by molar-refractivity contribution is -0.213. The van der Waals surface area contributed by atoms with Gasteiger partial charge in [0.15, 0.2) is 0 Å². The Kier molecular flexibility index (Phi) is 7.93. The van der Waals surface area contributed by atoms with E-state index in [1.54, 1.807) is 11.7 Å². The van der Waals surface area contributed by atoms with Gasteiger partial charge >= 0.3 is 0 Å². The number of rotatable bonds is 10. The third-order valence-corrected chi connectivity index (χ3v) is 7.06. The van der Waals surface area contributed by atoms with Gasteiger partial charge in [-0.25, -0.2) is 9.37 Å². The van der Waals surface area contributed by atoms with Crippen molar-refractivity contribution in [2.75, 3.05) is 6.54 Å². The Morgan fingerprint density at radius 2 is 1.95 bits per heavy atom. The second-order valence-corrected chi connectivity index (χ2v) is 9.83. The van der Waals surface area contributed by atoms with Crippen LogP contribution in [-0.4, -0.2) is 38.4 Å². The zero-order chi connectivity index (χ0) is 27.2. The molecule has 10 heteroatoms. The molecule has 0 aliphatic heterocycles. The molecule has 0 bridgehead atoms. The Morgan fingerprint density at radius 3 is 2.74 bits per heavy atom. The minimum atomic E-state index is -0.784. The number of phenols is 1. The van der Waals surface area contributed by atoms with Crippen molar-refractivity contribution in [2.24, 2.45) is 4.99 Å². The number of thiazole rings is 1. The van der Waals surface area contributed by atoms with Crippen molar-refractivity contribution in [3.05, 3.63) is 101 Å². The highest BCUT2D eigenvalue weighted by molar-refractivity contribution is 7.11. The maximum Gasteiger partial charge on any atom is 0.258 e. The molecule has 0 radical (unpaired) electrons. The van der Waals surface area contributed by atoms with Crippen LogP contribution >= 0.6 is 11.3 Å². The summed E-state index contributed by atoms with van der Waals surface area (Å²) in [4.78, 5) is 29.0. The number of H-pyrrole nitrogens is 1. The minimum Gasteiger partial charge on any atom is -0.858 e. The van der Waals surface area contributed by atoms with Crippen molar-refractivity contribution in [2.45, 2.75) is 25.3 Å². The standard InChI is InChI=1S/C29H26FN5O3S/c30-21-8-5-10-24(36)26(21)29(38)32-13-4-3-9-22(35-28(37)25-16-31-17-39-25)27-33-15-23(34-27)20-12-11-18-6-1-2-7-19(18)14-20/h1-2,5-8,10-12,14-17,22,36H,3-4,9,13H2,(H,32,38)(H,33,34)(H,35,37)/p-1. The summed E-state index contributed by atoms with van der Waals surface area (Å²) in [6.45, 7) is 0.266. The van der Waals surface area contributed by atoms with Gasteiger partial charge in [-0.15, -0.1) is 11.3 Å². The van der Waals surface area contributed by atoms with E-state index in [0.29, 0.717) is 30.0 Å². The molecule has 0 saturated heterocycles. The molecule has 8 nitrogen and oxygen atoms in total. The quantitative estimate of drug-likeness (QED) is 0.130. The molecular formula is C29H25FN5O3S-. The van der Waals surface area contributed by atoms with Crippen LogP contribution in [0, 0.1) is 5.82 Å². The highest BCUT2D eigenvalue weighted by atomic mass is 32.1. The molecule has 2 aromatic heterocycles. The summed E-state index contributed by atoms with van der Waals surface area (Å²) < 4.78 is 13.9. The zero-order valence-electron chi connectivity index (χ0n) is 20.8. The number of benzene rings is 3. The number of carbonyl (C=O) groups is 1. The van der Waals surface area contributed by atoms with Gasteiger partial charge in [0, 0.05) is 24.2 Å². The monoisotopic (exact) mass is 542 g/mol. The second kappa shape index (κ2) is 11.9. The summed E-state index contributed by atoms with van der Waals surface area (Å²) in [5.41, 5.74) is 2.99. The largest absolute Gasteiger partial charge is 0.858 e. The number of aliphatic imine (C=N–C) groups is 1. The maximum absolute atomic E-state index is 13.9. The molecule has 0 saturated carbocycles. The molecule has 5 rings (SSSR count). The van der Waals surface area contributed by atoms with Gasteiger partial charge in [0.2, 0.25) is 0 Å². The van der Waals surface area contributed by atoms with E-state index in [2.05, 4.69) is 43.5 Å². The van der Waals surface area contributed by atoms with Crippen molar-refractivity contribution < 1.29 is 19.4 Å². The van der Waals surface area contributed by atoms with E-state index in [4.69, 9.17) is 0 Å². The second-order valence-electron chi connectivity index (χ2n) is 8.95. The molecule has 39 heavy (non-hydrogen) atoms. The number of nitrogens with zero attached hydrogens (tertiary/aromatic N) is 3. The van der Waals surface area contributed by atoms with Gasteiger partial charge in [-0.2, -0.15) is 0 Å². The predicted molar refractivity (Wildman–Crippen MR) is 147 cm³/mol. The fourth-order valence-corrected chi connectivity index (χ4v) is 4.80. The van der Waals surface area contributed by atoms with E-state index >= 15 is 0 Å². The average molecular weight is 543 g/mol. The summed E-state index contributed by atoms with van der Waals surface area (Å²) >= 11 is 1.22. The van der Waals surface area contributed by atoms with Crippen LogP contribution in [-0.2, 0) is 0 Å². The number of aromatic hydroxyl groups is 1. The zero-order valence-corrected chi connectivity index (χ0v) is 21.6. The first-order chi connectivity index (χ1) is 19.0. The summed E-state index contributed by atoms with van der Waals surface area (Å²) in [5, 5.41) is 27.4. The third-order valence-electron chi connectivity index (χ3n) is 6.30. The molecule has 1 amide bonds. The Balaban J connectivity index is 1.28.